The number of nitriles is 1. The summed E-state index contributed by atoms with van der Waals surface area (Å²) >= 11 is 6.13. The van der Waals surface area contributed by atoms with Crippen LogP contribution in [0.5, 0.6) is 0 Å². The first-order valence-electron chi connectivity index (χ1n) is 10.3. The third-order valence-electron chi connectivity index (χ3n) is 6.57. The van der Waals surface area contributed by atoms with Gasteiger partial charge in [0.25, 0.3) is 5.91 Å². The van der Waals surface area contributed by atoms with Gasteiger partial charge in [0.2, 0.25) is 0 Å². The molecule has 2 aliphatic heterocycles. The molecule has 174 valence electrons. The zero-order chi connectivity index (χ0) is 24.2. The lowest BCUT2D eigenvalue weighted by atomic mass is 9.90. The fourth-order valence-corrected chi connectivity index (χ4v) is 8.44. The van der Waals surface area contributed by atoms with E-state index in [-0.39, 0.29) is 27.9 Å². The van der Waals surface area contributed by atoms with E-state index in [1.807, 2.05) is 6.07 Å². The third kappa shape index (κ3) is 3.51. The molecular formula is C22H24ClFN6O2S. The SMILES string of the molecule is CC1(C)C(N)=N[C@](C)(c2nc(NC(=O)c3ccc(C#N)cc3Cl)ccc2F)[C@@H]2CCN[SH]21=O. The van der Waals surface area contributed by atoms with E-state index < -0.39 is 37.4 Å². The van der Waals surface area contributed by atoms with Crippen LogP contribution in [0.4, 0.5) is 10.2 Å². The van der Waals surface area contributed by atoms with Crippen LogP contribution in [0.1, 0.15) is 48.8 Å². The molecule has 0 spiro atoms. The molecule has 2 aliphatic rings. The highest BCUT2D eigenvalue weighted by molar-refractivity contribution is 8.04. The van der Waals surface area contributed by atoms with E-state index >= 15 is 4.39 Å². The monoisotopic (exact) mass is 490 g/mol. The van der Waals surface area contributed by atoms with Crippen molar-refractivity contribution in [2.24, 2.45) is 10.7 Å². The molecule has 1 aromatic heterocycles. The molecule has 1 aromatic carbocycles. The molecule has 0 aliphatic carbocycles. The number of fused-ring (bicyclic) bond motifs is 1. The number of anilines is 1. The molecular weight excluding hydrogens is 467 g/mol. The van der Waals surface area contributed by atoms with Gasteiger partial charge in [-0.25, -0.2) is 9.37 Å². The summed E-state index contributed by atoms with van der Waals surface area (Å²) in [5.41, 5.74) is 5.36. The molecule has 3 heterocycles. The summed E-state index contributed by atoms with van der Waals surface area (Å²) < 4.78 is 31.3. The number of amides is 1. The number of hydrogen-bond donors (Lipinski definition) is 4. The minimum absolute atomic E-state index is 0.0430. The van der Waals surface area contributed by atoms with Crippen LogP contribution in [0.15, 0.2) is 35.3 Å². The normalized spacial score (nSPS) is 25.9. The maximum atomic E-state index is 15.1. The van der Waals surface area contributed by atoms with Crippen molar-refractivity contribution in [2.45, 2.75) is 42.7 Å². The maximum Gasteiger partial charge on any atom is 0.258 e. The first-order chi connectivity index (χ1) is 15.4. The molecule has 0 saturated carbocycles. The van der Waals surface area contributed by atoms with Crippen LogP contribution in [0, 0.1) is 17.1 Å². The van der Waals surface area contributed by atoms with Crippen LogP contribution in [-0.2, 0) is 15.7 Å². The second kappa shape index (κ2) is 7.87. The molecule has 0 bridgehead atoms. The summed E-state index contributed by atoms with van der Waals surface area (Å²) in [7, 11) is -3.09. The molecule has 1 fully saturated rings. The van der Waals surface area contributed by atoms with E-state index in [4.69, 9.17) is 22.6 Å². The number of amidine groups is 1. The van der Waals surface area contributed by atoms with Gasteiger partial charge in [-0.3, -0.25) is 18.7 Å². The fourth-order valence-electron chi connectivity index (χ4n) is 4.54. The van der Waals surface area contributed by atoms with Crippen molar-refractivity contribution in [1.82, 2.24) is 9.71 Å². The van der Waals surface area contributed by atoms with Gasteiger partial charge in [0.15, 0.2) is 0 Å². The predicted octanol–water partition coefficient (Wildman–Crippen LogP) is 2.66. The molecule has 0 radical (unpaired) electrons. The highest BCUT2D eigenvalue weighted by atomic mass is 35.5. The van der Waals surface area contributed by atoms with Crippen molar-refractivity contribution >= 4 is 39.3 Å². The van der Waals surface area contributed by atoms with E-state index in [0.717, 1.165) is 0 Å². The Morgan fingerprint density at radius 1 is 1.36 bits per heavy atom. The average molecular weight is 491 g/mol. The van der Waals surface area contributed by atoms with Crippen molar-refractivity contribution in [3.63, 3.8) is 0 Å². The smallest absolute Gasteiger partial charge is 0.258 e. The number of nitrogens with zero attached hydrogens (tertiary/aromatic N) is 3. The Labute approximate surface area is 197 Å². The summed E-state index contributed by atoms with van der Waals surface area (Å²) in [6.07, 6.45) is 0.520. The van der Waals surface area contributed by atoms with Gasteiger partial charge in [-0.1, -0.05) is 11.6 Å². The summed E-state index contributed by atoms with van der Waals surface area (Å²) in [6.45, 7) is 5.73. The van der Waals surface area contributed by atoms with Crippen molar-refractivity contribution in [1.29, 1.82) is 5.26 Å². The number of hydrogen-bond acceptors (Lipinski definition) is 6. The maximum absolute atomic E-state index is 15.1. The lowest BCUT2D eigenvalue weighted by Crippen LogP contribution is -2.64. The molecule has 2 aromatic rings. The lowest BCUT2D eigenvalue weighted by molar-refractivity contribution is 0.102. The number of nitrogens with one attached hydrogen (secondary N) is 2. The molecule has 4 rings (SSSR count). The summed E-state index contributed by atoms with van der Waals surface area (Å²) in [4.78, 5) is 21.7. The van der Waals surface area contributed by atoms with Crippen molar-refractivity contribution < 1.29 is 13.4 Å². The van der Waals surface area contributed by atoms with E-state index in [9.17, 15) is 9.00 Å². The Bertz CT molecular complexity index is 1290. The minimum Gasteiger partial charge on any atom is -0.386 e. The van der Waals surface area contributed by atoms with Gasteiger partial charge in [0, 0.05) is 6.54 Å². The molecule has 1 saturated heterocycles. The molecule has 11 heteroatoms. The lowest BCUT2D eigenvalue weighted by Gasteiger charge is -2.50. The highest BCUT2D eigenvalue weighted by Crippen LogP contribution is 2.48. The number of carbonyl (C=O) groups excluding carboxylic acids is 1. The Balaban J connectivity index is 1.74. The minimum atomic E-state index is -3.09. The topological polar surface area (TPSA) is 133 Å². The summed E-state index contributed by atoms with van der Waals surface area (Å²) in [6, 6.07) is 8.73. The van der Waals surface area contributed by atoms with Crippen LogP contribution in [-0.4, -0.2) is 37.5 Å². The van der Waals surface area contributed by atoms with Gasteiger partial charge >= 0.3 is 0 Å². The predicted molar refractivity (Wildman–Crippen MR) is 127 cm³/mol. The van der Waals surface area contributed by atoms with Gasteiger partial charge in [-0.05, 0) is 67.6 Å². The summed E-state index contributed by atoms with van der Waals surface area (Å²) in [5.74, 6) is -0.959. The number of nitrogens with two attached hydrogens (primary N) is 1. The number of benzene rings is 1. The van der Waals surface area contributed by atoms with Crippen LogP contribution in [0.2, 0.25) is 5.02 Å². The number of halogens is 2. The van der Waals surface area contributed by atoms with Gasteiger partial charge in [-0.15, -0.1) is 0 Å². The number of rotatable bonds is 3. The Hall–Kier alpha value is -2.87. The highest BCUT2D eigenvalue weighted by Gasteiger charge is 2.59. The van der Waals surface area contributed by atoms with Crippen LogP contribution in [0.25, 0.3) is 0 Å². The van der Waals surface area contributed by atoms with Crippen molar-refractivity contribution in [3.8, 4) is 6.07 Å². The zero-order valence-electron chi connectivity index (χ0n) is 18.3. The summed E-state index contributed by atoms with van der Waals surface area (Å²) in [5, 5.41) is 11.2. The van der Waals surface area contributed by atoms with Crippen molar-refractivity contribution in [3.05, 3.63) is 58.0 Å². The molecule has 8 nitrogen and oxygen atoms in total. The number of pyridine rings is 1. The van der Waals surface area contributed by atoms with E-state index in [0.29, 0.717) is 18.5 Å². The number of aromatic nitrogens is 1. The van der Waals surface area contributed by atoms with E-state index in [2.05, 4.69) is 20.0 Å². The first kappa shape index (κ1) is 23.3. The Kier molecular flexibility index (Phi) is 5.55. The second-order valence-electron chi connectivity index (χ2n) is 8.86. The number of carbonyl (C=O) groups is 1. The third-order valence-corrected chi connectivity index (χ3v) is 11.1. The zero-order valence-corrected chi connectivity index (χ0v) is 20.0. The van der Waals surface area contributed by atoms with E-state index in [1.54, 1.807) is 20.8 Å². The van der Waals surface area contributed by atoms with Crippen LogP contribution >= 0.6 is 11.6 Å². The van der Waals surface area contributed by atoms with Gasteiger partial charge < -0.3 is 11.1 Å². The molecule has 2 atom stereocenters. The standard InChI is InChI=1S/C22H24ClFN6O2S/c1-21(2)20(26)30-22(3,16-8-9-27-33(16,21)32)18-15(24)6-7-17(28-18)29-19(31)13-5-4-12(11-25)10-14(13)23/h4-7,10,16,33H,8-9H2,1-3H3,(H2,26,30)(H,27,32)(H,28,29,31)/t16-,22-/m0/s1. The van der Waals surface area contributed by atoms with Crippen molar-refractivity contribution in [2.75, 3.05) is 11.9 Å². The van der Waals surface area contributed by atoms with Crippen LogP contribution < -0.4 is 15.8 Å². The van der Waals surface area contributed by atoms with E-state index in [1.165, 1.54) is 30.3 Å². The molecule has 4 N–H and O–H groups in total. The molecule has 33 heavy (non-hydrogen) atoms. The Morgan fingerprint density at radius 3 is 2.76 bits per heavy atom. The molecule has 0 unspecified atom stereocenters. The van der Waals surface area contributed by atoms with Gasteiger partial charge in [0.05, 0.1) is 32.2 Å². The average Bonchev–Trinajstić information content (AvgIpc) is 3.18. The quantitative estimate of drug-likeness (QED) is 0.491. The second-order valence-corrected chi connectivity index (χ2v) is 12.6. The fraction of sp³-hybridized carbons (Fsp3) is 0.364. The van der Waals surface area contributed by atoms with Gasteiger partial charge in [0.1, 0.15) is 28.7 Å². The van der Waals surface area contributed by atoms with Gasteiger partial charge in [-0.2, -0.15) is 5.26 Å². The first-order valence-corrected chi connectivity index (χ1v) is 12.5. The Morgan fingerprint density at radius 2 is 2.09 bits per heavy atom. The van der Waals surface area contributed by atoms with Crippen LogP contribution in [0.3, 0.4) is 0 Å². The molecule has 1 amide bonds. The number of thiol groups is 1. The number of aliphatic imine (C=N–C) groups is 1. The largest absolute Gasteiger partial charge is 0.386 e.